The number of pyridine rings is 1. The molecular weight excluding hydrogens is 532 g/mol. The third-order valence-electron chi connectivity index (χ3n) is 3.72. The van der Waals surface area contributed by atoms with Crippen molar-refractivity contribution in [1.82, 2.24) is 10.4 Å². The monoisotopic (exact) mass is 550 g/mol. The van der Waals surface area contributed by atoms with Gasteiger partial charge >= 0.3 is 0 Å². The predicted molar refractivity (Wildman–Crippen MR) is 123 cm³/mol. The molecule has 0 aliphatic heterocycles. The van der Waals surface area contributed by atoms with E-state index in [0.717, 1.165) is 14.5 Å². The maximum Gasteiger partial charge on any atom is 0.278 e. The van der Waals surface area contributed by atoms with E-state index in [9.17, 15) is 10.1 Å². The fourth-order valence-corrected chi connectivity index (χ4v) is 3.93. The van der Waals surface area contributed by atoms with E-state index < -0.39 is 5.91 Å². The number of benzene rings is 1. The molecule has 0 spiro atoms. The first-order valence-electron chi connectivity index (χ1n) is 8.96. The van der Waals surface area contributed by atoms with Crippen LogP contribution in [0.5, 0.6) is 11.6 Å². The molecule has 1 aromatic heterocycles. The Morgan fingerprint density at radius 1 is 1.32 bits per heavy atom. The van der Waals surface area contributed by atoms with Crippen LogP contribution >= 0.6 is 31.9 Å². The molecule has 0 atom stereocenters. The number of hydrogen-bond donors (Lipinski definition) is 1. The molecular formula is C21H20Br2N4O4. The molecule has 0 saturated carbocycles. The van der Waals surface area contributed by atoms with Crippen LogP contribution in [0.1, 0.15) is 22.4 Å². The molecule has 1 heterocycles. The second kappa shape index (κ2) is 12.2. The lowest BCUT2D eigenvalue weighted by atomic mass is 10.1. The van der Waals surface area contributed by atoms with E-state index in [1.807, 2.05) is 6.07 Å². The molecule has 0 fully saturated rings. The number of amides is 1. The molecule has 0 radical (unpaired) electrons. The normalized spacial score (nSPS) is 10.5. The van der Waals surface area contributed by atoms with Crippen LogP contribution in [0, 0.1) is 18.3 Å². The van der Waals surface area contributed by atoms with Gasteiger partial charge in [-0.25, -0.2) is 10.4 Å². The molecule has 1 amide bonds. The fourth-order valence-electron chi connectivity index (χ4n) is 2.48. The number of ether oxygens (including phenoxy) is 3. The van der Waals surface area contributed by atoms with Gasteiger partial charge in [-0.05, 0) is 62.5 Å². The van der Waals surface area contributed by atoms with Gasteiger partial charge in [-0.15, -0.1) is 0 Å². The zero-order valence-corrected chi connectivity index (χ0v) is 20.1. The Morgan fingerprint density at radius 3 is 2.65 bits per heavy atom. The minimum Gasteiger partial charge on any atom is -0.487 e. The lowest BCUT2D eigenvalue weighted by molar-refractivity contribution is -0.123. The van der Waals surface area contributed by atoms with Crippen LogP contribution in [0.3, 0.4) is 0 Å². The van der Waals surface area contributed by atoms with E-state index in [1.54, 1.807) is 31.2 Å². The first-order valence-corrected chi connectivity index (χ1v) is 10.5. The number of hydrogen-bond acceptors (Lipinski definition) is 7. The quantitative estimate of drug-likeness (QED) is 0.271. The number of methoxy groups -OCH3 is 1. The highest BCUT2D eigenvalue weighted by Crippen LogP contribution is 2.34. The van der Waals surface area contributed by atoms with Crippen molar-refractivity contribution in [2.45, 2.75) is 13.5 Å². The highest BCUT2D eigenvalue weighted by Gasteiger charge is 2.14. The minimum absolute atomic E-state index is 0.0802. The van der Waals surface area contributed by atoms with Gasteiger partial charge in [0.2, 0.25) is 5.88 Å². The van der Waals surface area contributed by atoms with Crippen LogP contribution in [0.15, 0.2) is 44.9 Å². The number of aromatic nitrogens is 1. The van der Waals surface area contributed by atoms with E-state index in [-0.39, 0.29) is 24.7 Å². The highest BCUT2D eigenvalue weighted by molar-refractivity contribution is 9.11. The molecule has 0 bridgehead atoms. The van der Waals surface area contributed by atoms with Crippen molar-refractivity contribution < 1.29 is 19.0 Å². The number of halogens is 2. The number of nitrogens with zero attached hydrogens (tertiary/aromatic N) is 3. The summed E-state index contributed by atoms with van der Waals surface area (Å²) in [4.78, 5) is 16.3. The number of carbonyl (C=O) groups is 1. The Kier molecular flexibility index (Phi) is 9.65. The Labute approximate surface area is 197 Å². The van der Waals surface area contributed by atoms with Gasteiger partial charge in [0, 0.05) is 18.4 Å². The third-order valence-corrected chi connectivity index (χ3v) is 4.89. The van der Waals surface area contributed by atoms with Crippen LogP contribution in [0.2, 0.25) is 0 Å². The van der Waals surface area contributed by atoms with Gasteiger partial charge in [-0.2, -0.15) is 10.4 Å². The lowest BCUT2D eigenvalue weighted by Gasteiger charge is -2.11. The van der Waals surface area contributed by atoms with E-state index in [0.29, 0.717) is 23.6 Å². The van der Waals surface area contributed by atoms with Crippen molar-refractivity contribution in [1.29, 1.82) is 5.26 Å². The summed E-state index contributed by atoms with van der Waals surface area (Å²) < 4.78 is 17.5. The molecule has 0 aliphatic carbocycles. The smallest absolute Gasteiger partial charge is 0.278 e. The fraction of sp³-hybridized carbons (Fsp3) is 0.238. The Morgan fingerprint density at radius 2 is 2.03 bits per heavy atom. The summed E-state index contributed by atoms with van der Waals surface area (Å²) in [7, 11) is 1.53. The molecule has 0 unspecified atom stereocenters. The molecule has 1 aromatic carbocycles. The van der Waals surface area contributed by atoms with Gasteiger partial charge in [-0.3, -0.25) is 4.79 Å². The topological polar surface area (TPSA) is 106 Å². The molecule has 1 N–H and O–H groups in total. The second-order valence-electron chi connectivity index (χ2n) is 6.14. The van der Waals surface area contributed by atoms with Crippen LogP contribution in [-0.4, -0.2) is 37.4 Å². The molecule has 8 nitrogen and oxygen atoms in total. The minimum atomic E-state index is -0.499. The highest BCUT2D eigenvalue weighted by atomic mass is 79.9. The average molecular weight is 552 g/mol. The van der Waals surface area contributed by atoms with E-state index in [2.05, 4.69) is 54.0 Å². The van der Waals surface area contributed by atoms with Gasteiger partial charge in [0.15, 0.2) is 6.61 Å². The number of nitrogens with one attached hydrogen (secondary N) is 1. The molecule has 162 valence electrons. The first-order chi connectivity index (χ1) is 14.9. The summed E-state index contributed by atoms with van der Waals surface area (Å²) in [6.45, 7) is 5.64. The van der Waals surface area contributed by atoms with Gasteiger partial charge in [0.25, 0.3) is 5.91 Å². The van der Waals surface area contributed by atoms with Gasteiger partial charge in [0.1, 0.15) is 24.0 Å². The average Bonchev–Trinajstić information content (AvgIpc) is 2.72. The van der Waals surface area contributed by atoms with Gasteiger partial charge < -0.3 is 14.2 Å². The Hall–Kier alpha value is -2.74. The summed E-state index contributed by atoms with van der Waals surface area (Å²) in [5.41, 5.74) is 4.62. The Balaban J connectivity index is 2.00. The van der Waals surface area contributed by atoms with Gasteiger partial charge in [0.05, 0.1) is 21.8 Å². The number of nitriles is 1. The van der Waals surface area contributed by atoms with Crippen molar-refractivity contribution in [2.24, 2.45) is 5.10 Å². The van der Waals surface area contributed by atoms with Gasteiger partial charge in [-0.1, -0.05) is 12.7 Å². The zero-order chi connectivity index (χ0) is 22.8. The standard InChI is InChI=1S/C21H20Br2N4O4/c1-4-5-30-20-17(22)7-14(8-18(20)23)10-25-27-19(28)12-31-21-16(9-24)15(11-29-3)6-13(2)26-21/h4,6-8,10H,1,5,11-12H2,2-3H3,(H,27,28)/b25-10-. The predicted octanol–water partition coefficient (Wildman–Crippen LogP) is 4.03. The molecule has 10 heteroatoms. The van der Waals surface area contributed by atoms with Crippen LogP contribution in [0.4, 0.5) is 0 Å². The van der Waals surface area contributed by atoms with Crippen molar-refractivity contribution in [2.75, 3.05) is 20.3 Å². The van der Waals surface area contributed by atoms with Crippen LogP contribution < -0.4 is 14.9 Å². The Bertz CT molecular complexity index is 1010. The molecule has 0 saturated heterocycles. The van der Waals surface area contributed by atoms with E-state index in [1.165, 1.54) is 13.3 Å². The summed E-state index contributed by atoms with van der Waals surface area (Å²) in [5, 5.41) is 13.3. The van der Waals surface area contributed by atoms with Crippen molar-refractivity contribution in [3.05, 3.63) is 62.2 Å². The van der Waals surface area contributed by atoms with Crippen LogP contribution in [-0.2, 0) is 16.1 Å². The summed E-state index contributed by atoms with van der Waals surface area (Å²) in [6, 6.07) is 7.37. The maximum atomic E-state index is 12.1. The maximum absolute atomic E-state index is 12.1. The van der Waals surface area contributed by atoms with Crippen molar-refractivity contribution in [3.8, 4) is 17.7 Å². The summed E-state index contributed by atoms with van der Waals surface area (Å²) in [5.74, 6) is 0.221. The second-order valence-corrected chi connectivity index (χ2v) is 7.85. The molecule has 2 aromatic rings. The lowest BCUT2D eigenvalue weighted by Crippen LogP contribution is -2.25. The number of hydrazone groups is 1. The van der Waals surface area contributed by atoms with E-state index in [4.69, 9.17) is 14.2 Å². The molecule has 31 heavy (non-hydrogen) atoms. The zero-order valence-electron chi connectivity index (χ0n) is 16.9. The molecule has 0 aliphatic rings. The number of aryl methyl sites for hydroxylation is 1. The largest absolute Gasteiger partial charge is 0.487 e. The van der Waals surface area contributed by atoms with Crippen LogP contribution in [0.25, 0.3) is 0 Å². The SMILES string of the molecule is C=CCOc1c(Br)cc(/C=N\NC(=O)COc2nc(C)cc(COC)c2C#N)cc1Br. The van der Waals surface area contributed by atoms with Crippen molar-refractivity contribution >= 4 is 44.0 Å². The third kappa shape index (κ3) is 7.17. The summed E-state index contributed by atoms with van der Waals surface area (Å²) in [6.07, 6.45) is 3.13. The van der Waals surface area contributed by atoms with E-state index >= 15 is 0 Å². The number of carbonyl (C=O) groups excluding carboxylic acids is 1. The van der Waals surface area contributed by atoms with Crippen molar-refractivity contribution in [3.63, 3.8) is 0 Å². The number of rotatable bonds is 10. The molecule has 2 rings (SSSR count). The summed E-state index contributed by atoms with van der Waals surface area (Å²) >= 11 is 6.87. The first kappa shape index (κ1) is 24.5.